The minimum Gasteiger partial charge on any atom is -0.383 e. The molecule has 2 heterocycles. The molecule has 6 nitrogen and oxygen atoms in total. The molecule has 1 fully saturated rings. The van der Waals surface area contributed by atoms with Gasteiger partial charge in [0.2, 0.25) is 0 Å². The van der Waals surface area contributed by atoms with E-state index in [1.807, 2.05) is 49.4 Å². The standard InChI is InChI=1S/C24H29N5O/c1-18-6-8-21(9-7-18)29-24(25)22(17-26-29)23(30)20-5-3-4-19(16-20)10-11-28-14-12-27(2)13-15-28/h3-9,16-17H,10-15,25H2,1-2H3. The number of ketones is 1. The Bertz CT molecular complexity index is 1020. The van der Waals surface area contributed by atoms with Crippen LogP contribution in [0.4, 0.5) is 5.82 Å². The van der Waals surface area contributed by atoms with Crippen molar-refractivity contribution >= 4 is 11.6 Å². The number of anilines is 1. The van der Waals surface area contributed by atoms with Crippen molar-refractivity contribution in [1.82, 2.24) is 19.6 Å². The molecule has 1 aromatic heterocycles. The number of carbonyl (C=O) groups is 1. The minimum atomic E-state index is -0.0905. The van der Waals surface area contributed by atoms with Crippen LogP contribution in [0.3, 0.4) is 0 Å². The molecule has 0 saturated carbocycles. The van der Waals surface area contributed by atoms with Gasteiger partial charge in [-0.15, -0.1) is 0 Å². The van der Waals surface area contributed by atoms with Gasteiger partial charge in [-0.1, -0.05) is 35.9 Å². The highest BCUT2D eigenvalue weighted by Gasteiger charge is 2.18. The first-order valence-corrected chi connectivity index (χ1v) is 10.5. The summed E-state index contributed by atoms with van der Waals surface area (Å²) in [5, 5.41) is 4.35. The predicted molar refractivity (Wildman–Crippen MR) is 120 cm³/mol. The average molecular weight is 404 g/mol. The lowest BCUT2D eigenvalue weighted by molar-refractivity contribution is 0.103. The zero-order valence-electron chi connectivity index (χ0n) is 17.7. The molecule has 6 heteroatoms. The van der Waals surface area contributed by atoms with Crippen LogP contribution in [-0.2, 0) is 6.42 Å². The van der Waals surface area contributed by atoms with Crippen molar-refractivity contribution in [2.45, 2.75) is 13.3 Å². The van der Waals surface area contributed by atoms with E-state index in [2.05, 4.69) is 28.0 Å². The minimum absolute atomic E-state index is 0.0905. The summed E-state index contributed by atoms with van der Waals surface area (Å²) in [6, 6.07) is 15.8. The fraction of sp³-hybridized carbons (Fsp3) is 0.333. The Morgan fingerprint density at radius 3 is 2.53 bits per heavy atom. The van der Waals surface area contributed by atoms with Gasteiger partial charge in [0, 0.05) is 38.3 Å². The zero-order valence-corrected chi connectivity index (χ0v) is 17.7. The highest BCUT2D eigenvalue weighted by Crippen LogP contribution is 2.21. The molecule has 1 saturated heterocycles. The molecule has 30 heavy (non-hydrogen) atoms. The Labute approximate surface area is 177 Å². The third-order valence-corrected chi connectivity index (χ3v) is 5.83. The van der Waals surface area contributed by atoms with E-state index in [0.717, 1.165) is 50.4 Å². The van der Waals surface area contributed by atoms with Crippen molar-refractivity contribution in [3.8, 4) is 5.69 Å². The molecule has 2 N–H and O–H groups in total. The van der Waals surface area contributed by atoms with E-state index in [1.165, 1.54) is 5.56 Å². The van der Waals surface area contributed by atoms with Gasteiger partial charge in [-0.3, -0.25) is 4.79 Å². The number of piperazine rings is 1. The molecule has 0 amide bonds. The van der Waals surface area contributed by atoms with E-state index in [0.29, 0.717) is 16.9 Å². The van der Waals surface area contributed by atoms with Gasteiger partial charge in [-0.05, 0) is 44.2 Å². The highest BCUT2D eigenvalue weighted by atomic mass is 16.1. The van der Waals surface area contributed by atoms with Crippen LogP contribution in [0.1, 0.15) is 27.0 Å². The van der Waals surface area contributed by atoms with Crippen LogP contribution in [0.15, 0.2) is 54.7 Å². The van der Waals surface area contributed by atoms with Crippen molar-refractivity contribution in [1.29, 1.82) is 0 Å². The van der Waals surface area contributed by atoms with Gasteiger partial charge in [-0.25, -0.2) is 4.68 Å². The molecule has 0 aliphatic carbocycles. The summed E-state index contributed by atoms with van der Waals surface area (Å²) in [5.74, 6) is 0.277. The van der Waals surface area contributed by atoms with Crippen molar-refractivity contribution in [3.05, 3.63) is 77.0 Å². The van der Waals surface area contributed by atoms with Crippen molar-refractivity contribution in [3.63, 3.8) is 0 Å². The molecular formula is C24H29N5O. The first kappa shape index (κ1) is 20.3. The molecule has 2 aromatic carbocycles. The molecule has 0 spiro atoms. The average Bonchev–Trinajstić information content (AvgIpc) is 3.15. The first-order valence-electron chi connectivity index (χ1n) is 10.5. The summed E-state index contributed by atoms with van der Waals surface area (Å²) >= 11 is 0. The third-order valence-electron chi connectivity index (χ3n) is 5.83. The number of aryl methyl sites for hydroxylation is 1. The van der Waals surface area contributed by atoms with Crippen molar-refractivity contribution < 1.29 is 4.79 Å². The predicted octanol–water partition coefficient (Wildman–Crippen LogP) is 2.78. The summed E-state index contributed by atoms with van der Waals surface area (Å²) in [6.07, 6.45) is 2.50. The highest BCUT2D eigenvalue weighted by molar-refractivity contribution is 6.11. The Morgan fingerprint density at radius 2 is 1.80 bits per heavy atom. The molecule has 156 valence electrons. The Balaban J connectivity index is 1.47. The third kappa shape index (κ3) is 4.45. The Morgan fingerprint density at radius 1 is 1.07 bits per heavy atom. The maximum Gasteiger partial charge on any atom is 0.198 e. The maximum absolute atomic E-state index is 13.1. The van der Waals surface area contributed by atoms with Gasteiger partial charge >= 0.3 is 0 Å². The first-order chi connectivity index (χ1) is 14.5. The lowest BCUT2D eigenvalue weighted by Crippen LogP contribution is -2.45. The van der Waals surface area contributed by atoms with Gasteiger partial charge in [-0.2, -0.15) is 5.10 Å². The molecular weight excluding hydrogens is 374 g/mol. The van der Waals surface area contributed by atoms with Crippen LogP contribution in [0.25, 0.3) is 5.69 Å². The van der Waals surface area contributed by atoms with Crippen molar-refractivity contribution in [2.24, 2.45) is 0 Å². The summed E-state index contributed by atoms with van der Waals surface area (Å²) < 4.78 is 1.61. The maximum atomic E-state index is 13.1. The quantitative estimate of drug-likeness (QED) is 0.641. The van der Waals surface area contributed by atoms with E-state index < -0.39 is 0 Å². The van der Waals surface area contributed by atoms with Gasteiger partial charge in [0.1, 0.15) is 5.82 Å². The number of rotatable bonds is 6. The molecule has 1 aliphatic heterocycles. The largest absolute Gasteiger partial charge is 0.383 e. The summed E-state index contributed by atoms with van der Waals surface area (Å²) in [7, 11) is 2.17. The number of aromatic nitrogens is 2. The smallest absolute Gasteiger partial charge is 0.198 e. The van der Waals surface area contributed by atoms with Crippen LogP contribution in [0.2, 0.25) is 0 Å². The second kappa shape index (κ2) is 8.81. The molecule has 4 rings (SSSR count). The molecule has 1 aliphatic rings. The van der Waals surface area contributed by atoms with E-state index in [1.54, 1.807) is 10.9 Å². The Kier molecular flexibility index (Phi) is 5.97. The number of hydrogen-bond acceptors (Lipinski definition) is 5. The number of likely N-dealkylation sites (N-methyl/N-ethyl adjacent to an activating group) is 1. The van der Waals surface area contributed by atoms with E-state index in [9.17, 15) is 4.79 Å². The molecule has 0 radical (unpaired) electrons. The number of nitrogen functional groups attached to an aromatic ring is 1. The topological polar surface area (TPSA) is 67.4 Å². The van der Waals surface area contributed by atoms with Gasteiger partial charge in [0.15, 0.2) is 5.78 Å². The SMILES string of the molecule is Cc1ccc(-n2ncc(C(=O)c3cccc(CCN4CCN(C)CC4)c3)c2N)cc1. The van der Waals surface area contributed by atoms with E-state index >= 15 is 0 Å². The normalized spacial score (nSPS) is 15.4. The summed E-state index contributed by atoms with van der Waals surface area (Å²) in [4.78, 5) is 18.0. The van der Waals surface area contributed by atoms with Gasteiger partial charge in [0.25, 0.3) is 0 Å². The van der Waals surface area contributed by atoms with Crippen LogP contribution in [-0.4, -0.2) is 65.1 Å². The molecule has 0 atom stereocenters. The fourth-order valence-corrected chi connectivity index (χ4v) is 3.81. The second-order valence-corrected chi connectivity index (χ2v) is 8.12. The van der Waals surface area contributed by atoms with Crippen molar-refractivity contribution in [2.75, 3.05) is 45.5 Å². The van der Waals surface area contributed by atoms with Gasteiger partial charge in [0.05, 0.1) is 17.4 Å². The fourth-order valence-electron chi connectivity index (χ4n) is 3.81. The van der Waals surface area contributed by atoms with E-state index in [-0.39, 0.29) is 5.78 Å². The van der Waals surface area contributed by atoms with Crippen LogP contribution in [0, 0.1) is 6.92 Å². The molecule has 0 unspecified atom stereocenters. The van der Waals surface area contributed by atoms with Crippen LogP contribution < -0.4 is 5.73 Å². The zero-order chi connectivity index (χ0) is 21.1. The second-order valence-electron chi connectivity index (χ2n) is 8.12. The number of benzene rings is 2. The molecule has 3 aromatic rings. The van der Waals surface area contributed by atoms with E-state index in [4.69, 9.17) is 5.73 Å². The van der Waals surface area contributed by atoms with Gasteiger partial charge < -0.3 is 15.5 Å². The van der Waals surface area contributed by atoms with Crippen LogP contribution >= 0.6 is 0 Å². The number of hydrogen-bond donors (Lipinski definition) is 1. The number of nitrogens with two attached hydrogens (primary N) is 1. The van der Waals surface area contributed by atoms with Crippen LogP contribution in [0.5, 0.6) is 0 Å². The molecule has 0 bridgehead atoms. The summed E-state index contributed by atoms with van der Waals surface area (Å²) in [6.45, 7) is 7.47. The Hall–Kier alpha value is -2.96. The monoisotopic (exact) mass is 403 g/mol. The number of carbonyl (C=O) groups excluding carboxylic acids is 1. The lowest BCUT2D eigenvalue weighted by atomic mass is 10.0. The lowest BCUT2D eigenvalue weighted by Gasteiger charge is -2.32. The number of nitrogens with zero attached hydrogens (tertiary/aromatic N) is 4. The summed E-state index contributed by atoms with van der Waals surface area (Å²) in [5.41, 5.74) is 10.6.